The predicted molar refractivity (Wildman–Crippen MR) is 56.2 cm³/mol. The molecule has 13 heavy (non-hydrogen) atoms. The van der Waals surface area contributed by atoms with Crippen LogP contribution >= 0.6 is 11.6 Å². The van der Waals surface area contributed by atoms with Crippen LogP contribution < -0.4 is 5.73 Å². The molecule has 2 rings (SSSR count). The van der Waals surface area contributed by atoms with Gasteiger partial charge in [-0.15, -0.1) is 0 Å². The van der Waals surface area contributed by atoms with E-state index < -0.39 is 0 Å². The van der Waals surface area contributed by atoms with E-state index in [9.17, 15) is 0 Å². The average Bonchev–Trinajstić information content (AvgIpc) is 2.17. The molecule has 0 saturated carbocycles. The van der Waals surface area contributed by atoms with Gasteiger partial charge in [-0.05, 0) is 55.0 Å². The third kappa shape index (κ3) is 1.72. The van der Waals surface area contributed by atoms with E-state index in [0.717, 1.165) is 11.6 Å². The van der Waals surface area contributed by atoms with E-state index in [1.54, 1.807) is 0 Å². The molecule has 1 unspecified atom stereocenters. The lowest BCUT2D eigenvalue weighted by Gasteiger charge is -2.24. The molecule has 0 aromatic heterocycles. The first kappa shape index (κ1) is 9.04. The molecule has 1 atom stereocenters. The minimum Gasteiger partial charge on any atom is -0.330 e. The molecular weight excluding hydrogens is 182 g/mol. The van der Waals surface area contributed by atoms with Gasteiger partial charge in [0.2, 0.25) is 0 Å². The summed E-state index contributed by atoms with van der Waals surface area (Å²) in [4.78, 5) is 0. The number of nitrogens with two attached hydrogens (primary N) is 1. The Morgan fingerprint density at radius 2 is 2.31 bits per heavy atom. The van der Waals surface area contributed by atoms with Gasteiger partial charge >= 0.3 is 0 Å². The molecule has 70 valence electrons. The van der Waals surface area contributed by atoms with Crippen LogP contribution in [0.1, 0.15) is 29.9 Å². The first-order valence-electron chi connectivity index (χ1n) is 4.79. The van der Waals surface area contributed by atoms with Crippen LogP contribution in [0.4, 0.5) is 0 Å². The van der Waals surface area contributed by atoms with E-state index in [1.165, 1.54) is 30.4 Å². The van der Waals surface area contributed by atoms with Crippen molar-refractivity contribution in [3.05, 3.63) is 34.3 Å². The Hall–Kier alpha value is -0.530. The number of halogens is 1. The Balaban J connectivity index is 2.41. The zero-order valence-electron chi connectivity index (χ0n) is 7.59. The highest BCUT2D eigenvalue weighted by molar-refractivity contribution is 6.30. The first-order valence-corrected chi connectivity index (χ1v) is 5.17. The molecule has 0 spiro atoms. The number of hydrogen-bond donors (Lipinski definition) is 1. The van der Waals surface area contributed by atoms with Crippen molar-refractivity contribution in [1.29, 1.82) is 0 Å². The second-order valence-electron chi connectivity index (χ2n) is 3.67. The molecule has 1 aliphatic rings. The van der Waals surface area contributed by atoms with Crippen LogP contribution in [0, 0.1) is 0 Å². The Kier molecular flexibility index (Phi) is 2.56. The lowest BCUT2D eigenvalue weighted by Crippen LogP contribution is -2.18. The highest BCUT2D eigenvalue weighted by Crippen LogP contribution is 2.32. The van der Waals surface area contributed by atoms with Gasteiger partial charge in [0.1, 0.15) is 0 Å². The molecule has 0 radical (unpaired) electrons. The van der Waals surface area contributed by atoms with Gasteiger partial charge in [-0.25, -0.2) is 0 Å². The Morgan fingerprint density at radius 1 is 1.46 bits per heavy atom. The van der Waals surface area contributed by atoms with Crippen molar-refractivity contribution in [2.75, 3.05) is 6.54 Å². The summed E-state index contributed by atoms with van der Waals surface area (Å²) in [5, 5.41) is 0.833. The zero-order chi connectivity index (χ0) is 9.26. The summed E-state index contributed by atoms with van der Waals surface area (Å²) >= 11 is 5.96. The quantitative estimate of drug-likeness (QED) is 0.733. The van der Waals surface area contributed by atoms with Crippen molar-refractivity contribution in [3.63, 3.8) is 0 Å². The van der Waals surface area contributed by atoms with Gasteiger partial charge in [-0.1, -0.05) is 17.7 Å². The van der Waals surface area contributed by atoms with Crippen LogP contribution in [-0.2, 0) is 6.42 Å². The largest absolute Gasteiger partial charge is 0.330 e. The monoisotopic (exact) mass is 195 g/mol. The van der Waals surface area contributed by atoms with Crippen LogP contribution in [0.2, 0.25) is 5.02 Å². The number of rotatable bonds is 1. The number of fused-ring (bicyclic) bond motifs is 1. The van der Waals surface area contributed by atoms with E-state index in [0.29, 0.717) is 5.92 Å². The predicted octanol–water partition coefficient (Wildman–Crippen LogP) is 2.72. The molecule has 0 bridgehead atoms. The second kappa shape index (κ2) is 3.69. The van der Waals surface area contributed by atoms with Gasteiger partial charge < -0.3 is 5.73 Å². The SMILES string of the molecule is NCC1CCCc2ccc(Cl)cc21. The van der Waals surface area contributed by atoms with E-state index in [4.69, 9.17) is 17.3 Å². The number of aryl methyl sites for hydroxylation is 1. The van der Waals surface area contributed by atoms with Gasteiger partial charge in [0, 0.05) is 5.02 Å². The molecule has 2 heteroatoms. The van der Waals surface area contributed by atoms with Crippen molar-refractivity contribution >= 4 is 11.6 Å². The smallest absolute Gasteiger partial charge is 0.0409 e. The van der Waals surface area contributed by atoms with Crippen LogP contribution in [0.5, 0.6) is 0 Å². The topological polar surface area (TPSA) is 26.0 Å². The van der Waals surface area contributed by atoms with Crippen molar-refractivity contribution in [3.8, 4) is 0 Å². The number of benzene rings is 1. The van der Waals surface area contributed by atoms with Crippen LogP contribution in [-0.4, -0.2) is 6.54 Å². The highest BCUT2D eigenvalue weighted by atomic mass is 35.5. The fourth-order valence-electron chi connectivity index (χ4n) is 2.11. The molecular formula is C11H14ClN. The lowest BCUT2D eigenvalue weighted by atomic mass is 9.83. The summed E-state index contributed by atoms with van der Waals surface area (Å²) in [6, 6.07) is 6.19. The minimum absolute atomic E-state index is 0.530. The fourth-order valence-corrected chi connectivity index (χ4v) is 2.29. The third-order valence-electron chi connectivity index (χ3n) is 2.83. The van der Waals surface area contributed by atoms with Gasteiger partial charge in [-0.2, -0.15) is 0 Å². The molecule has 0 heterocycles. The van der Waals surface area contributed by atoms with E-state index >= 15 is 0 Å². The molecule has 0 amide bonds. The molecule has 1 aromatic carbocycles. The third-order valence-corrected chi connectivity index (χ3v) is 3.07. The average molecular weight is 196 g/mol. The highest BCUT2D eigenvalue weighted by Gasteiger charge is 2.18. The van der Waals surface area contributed by atoms with Crippen molar-refractivity contribution < 1.29 is 0 Å². The first-order chi connectivity index (χ1) is 6.31. The Labute approximate surface area is 83.9 Å². The molecule has 2 N–H and O–H groups in total. The molecule has 0 aliphatic heterocycles. The van der Waals surface area contributed by atoms with Gasteiger partial charge in [0.15, 0.2) is 0 Å². The van der Waals surface area contributed by atoms with Crippen molar-refractivity contribution in [2.45, 2.75) is 25.2 Å². The Bertz CT molecular complexity index is 309. The maximum absolute atomic E-state index is 5.96. The normalized spacial score (nSPS) is 21.2. The summed E-state index contributed by atoms with van der Waals surface area (Å²) in [6.07, 6.45) is 3.66. The van der Waals surface area contributed by atoms with Gasteiger partial charge in [-0.3, -0.25) is 0 Å². The molecule has 1 aromatic rings. The van der Waals surface area contributed by atoms with E-state index in [1.807, 2.05) is 6.07 Å². The van der Waals surface area contributed by atoms with Crippen LogP contribution in [0.3, 0.4) is 0 Å². The summed E-state index contributed by atoms with van der Waals surface area (Å²) in [6.45, 7) is 0.743. The fraction of sp³-hybridized carbons (Fsp3) is 0.455. The Morgan fingerprint density at radius 3 is 3.08 bits per heavy atom. The number of hydrogen-bond acceptors (Lipinski definition) is 1. The molecule has 0 fully saturated rings. The zero-order valence-corrected chi connectivity index (χ0v) is 8.35. The van der Waals surface area contributed by atoms with Gasteiger partial charge in [0.05, 0.1) is 0 Å². The molecule has 0 saturated heterocycles. The summed E-state index contributed by atoms with van der Waals surface area (Å²) in [5.74, 6) is 0.530. The van der Waals surface area contributed by atoms with Crippen LogP contribution in [0.25, 0.3) is 0 Å². The van der Waals surface area contributed by atoms with Crippen LogP contribution in [0.15, 0.2) is 18.2 Å². The van der Waals surface area contributed by atoms with E-state index in [2.05, 4.69) is 12.1 Å². The molecule has 1 nitrogen and oxygen atoms in total. The summed E-state index contributed by atoms with van der Waals surface area (Å²) in [7, 11) is 0. The summed E-state index contributed by atoms with van der Waals surface area (Å²) < 4.78 is 0. The van der Waals surface area contributed by atoms with Crippen molar-refractivity contribution in [1.82, 2.24) is 0 Å². The summed E-state index contributed by atoms with van der Waals surface area (Å²) in [5.41, 5.74) is 8.54. The van der Waals surface area contributed by atoms with Gasteiger partial charge in [0.25, 0.3) is 0 Å². The second-order valence-corrected chi connectivity index (χ2v) is 4.10. The maximum Gasteiger partial charge on any atom is 0.0409 e. The maximum atomic E-state index is 5.96. The lowest BCUT2D eigenvalue weighted by molar-refractivity contribution is 0.561. The van der Waals surface area contributed by atoms with Crippen molar-refractivity contribution in [2.24, 2.45) is 5.73 Å². The standard InChI is InChI=1S/C11H14ClN/c12-10-5-4-8-2-1-3-9(7-13)11(8)6-10/h4-6,9H,1-3,7,13H2. The minimum atomic E-state index is 0.530. The van der Waals surface area contributed by atoms with E-state index in [-0.39, 0.29) is 0 Å². The molecule has 1 aliphatic carbocycles.